The van der Waals surface area contributed by atoms with Gasteiger partial charge in [0.2, 0.25) is 0 Å². The number of hydrogen-bond acceptors (Lipinski definition) is 5. The Morgan fingerprint density at radius 1 is 1.25 bits per heavy atom. The molecule has 2 aromatic rings. The van der Waals surface area contributed by atoms with Gasteiger partial charge in [-0.15, -0.1) is 0 Å². The zero-order chi connectivity index (χ0) is 14.5. The Kier molecular flexibility index (Phi) is 5.17. The number of hydrogen-bond donors (Lipinski definition) is 3. The molecule has 106 valence electrons. The summed E-state index contributed by atoms with van der Waals surface area (Å²) >= 11 is 9.55. The van der Waals surface area contributed by atoms with E-state index in [4.69, 9.17) is 17.4 Å². The van der Waals surface area contributed by atoms with E-state index in [-0.39, 0.29) is 0 Å². The van der Waals surface area contributed by atoms with E-state index in [9.17, 15) is 0 Å². The third kappa shape index (κ3) is 3.82. The van der Waals surface area contributed by atoms with E-state index >= 15 is 0 Å². The highest BCUT2D eigenvalue weighted by Crippen LogP contribution is 2.28. The van der Waals surface area contributed by atoms with Crippen molar-refractivity contribution in [2.45, 2.75) is 19.8 Å². The smallest absolute Gasteiger partial charge is 0.145 e. The van der Waals surface area contributed by atoms with Crippen molar-refractivity contribution in [1.29, 1.82) is 0 Å². The molecule has 20 heavy (non-hydrogen) atoms. The monoisotopic (exact) mass is 355 g/mol. The molecule has 2 rings (SSSR count). The second-order valence-corrected chi connectivity index (χ2v) is 5.52. The average molecular weight is 357 g/mol. The standard InChI is InChI=1S/C13H15BrClN5/c1-2-3-11-18-12(7-13(19-11)20-16)17-10-5-4-8(14)6-9(10)15/h4-7H,2-3,16H2,1H3,(H2,17,18,19,20). The molecule has 0 unspecified atom stereocenters. The van der Waals surface area contributed by atoms with Gasteiger partial charge < -0.3 is 10.7 Å². The summed E-state index contributed by atoms with van der Waals surface area (Å²) in [5.41, 5.74) is 3.32. The van der Waals surface area contributed by atoms with E-state index in [0.717, 1.165) is 28.8 Å². The van der Waals surface area contributed by atoms with Crippen LogP contribution in [0.4, 0.5) is 17.3 Å². The summed E-state index contributed by atoms with van der Waals surface area (Å²) in [6.07, 6.45) is 1.75. The van der Waals surface area contributed by atoms with Crippen LogP contribution in [0.1, 0.15) is 19.2 Å². The number of nitrogens with zero attached hydrogens (tertiary/aromatic N) is 2. The molecule has 0 saturated carbocycles. The number of benzene rings is 1. The molecule has 1 aromatic heterocycles. The first-order valence-corrected chi connectivity index (χ1v) is 7.36. The van der Waals surface area contributed by atoms with Gasteiger partial charge in [-0.1, -0.05) is 34.5 Å². The maximum Gasteiger partial charge on any atom is 0.145 e. The van der Waals surface area contributed by atoms with Crippen molar-refractivity contribution >= 4 is 44.9 Å². The van der Waals surface area contributed by atoms with Crippen LogP contribution in [0.25, 0.3) is 0 Å². The topological polar surface area (TPSA) is 75.9 Å². The number of aryl methyl sites for hydroxylation is 1. The number of anilines is 3. The summed E-state index contributed by atoms with van der Waals surface area (Å²) in [7, 11) is 0. The molecule has 0 aliphatic heterocycles. The quantitative estimate of drug-likeness (QED) is 0.560. The predicted octanol–water partition coefficient (Wildman–Crippen LogP) is 3.87. The molecule has 0 atom stereocenters. The Morgan fingerprint density at radius 3 is 2.65 bits per heavy atom. The van der Waals surface area contributed by atoms with Gasteiger partial charge in [0.25, 0.3) is 0 Å². The molecular weight excluding hydrogens is 342 g/mol. The molecule has 0 spiro atoms. The van der Waals surface area contributed by atoms with Gasteiger partial charge in [-0.05, 0) is 24.6 Å². The average Bonchev–Trinajstić information content (AvgIpc) is 2.42. The van der Waals surface area contributed by atoms with E-state index in [1.807, 2.05) is 18.2 Å². The van der Waals surface area contributed by atoms with E-state index in [0.29, 0.717) is 16.7 Å². The normalized spacial score (nSPS) is 10.4. The lowest BCUT2D eigenvalue weighted by Gasteiger charge is -2.11. The van der Waals surface area contributed by atoms with Crippen molar-refractivity contribution in [2.24, 2.45) is 5.84 Å². The molecule has 0 radical (unpaired) electrons. The zero-order valence-electron chi connectivity index (χ0n) is 11.0. The maximum atomic E-state index is 6.18. The zero-order valence-corrected chi connectivity index (χ0v) is 13.3. The lowest BCUT2D eigenvalue weighted by atomic mass is 10.3. The minimum Gasteiger partial charge on any atom is -0.339 e. The van der Waals surface area contributed by atoms with Gasteiger partial charge in [-0.25, -0.2) is 15.8 Å². The van der Waals surface area contributed by atoms with Crippen LogP contribution in [0.3, 0.4) is 0 Å². The number of nitrogens with one attached hydrogen (secondary N) is 2. The lowest BCUT2D eigenvalue weighted by molar-refractivity contribution is 0.837. The van der Waals surface area contributed by atoms with Crippen LogP contribution in [-0.2, 0) is 6.42 Å². The number of aromatic nitrogens is 2. The Balaban J connectivity index is 2.29. The molecule has 7 heteroatoms. The molecule has 0 bridgehead atoms. The number of rotatable bonds is 5. The van der Waals surface area contributed by atoms with Crippen LogP contribution in [0.15, 0.2) is 28.7 Å². The molecule has 0 aliphatic carbocycles. The minimum absolute atomic E-state index is 0.569. The molecular formula is C13H15BrClN5. The summed E-state index contributed by atoms with van der Waals surface area (Å²) in [6, 6.07) is 7.34. The number of hydrazine groups is 1. The van der Waals surface area contributed by atoms with Gasteiger partial charge in [0, 0.05) is 17.0 Å². The van der Waals surface area contributed by atoms with Crippen molar-refractivity contribution in [2.75, 3.05) is 10.7 Å². The summed E-state index contributed by atoms with van der Waals surface area (Å²) in [5.74, 6) is 7.38. The maximum absolute atomic E-state index is 6.18. The van der Waals surface area contributed by atoms with Crippen LogP contribution in [0, 0.1) is 0 Å². The van der Waals surface area contributed by atoms with Crippen molar-refractivity contribution in [3.05, 3.63) is 39.6 Å². The predicted molar refractivity (Wildman–Crippen MR) is 86.3 cm³/mol. The molecule has 0 aliphatic rings. The highest BCUT2D eigenvalue weighted by Gasteiger charge is 2.06. The fourth-order valence-corrected chi connectivity index (χ4v) is 2.42. The van der Waals surface area contributed by atoms with E-state index < -0.39 is 0 Å². The van der Waals surface area contributed by atoms with E-state index in [1.165, 1.54) is 0 Å². The molecule has 0 amide bonds. The SMILES string of the molecule is CCCc1nc(NN)cc(Nc2ccc(Br)cc2Cl)n1. The van der Waals surface area contributed by atoms with Gasteiger partial charge in [-0.2, -0.15) is 0 Å². The second-order valence-electron chi connectivity index (χ2n) is 4.20. The van der Waals surface area contributed by atoms with Gasteiger partial charge >= 0.3 is 0 Å². The van der Waals surface area contributed by atoms with Gasteiger partial charge in [0.05, 0.1) is 10.7 Å². The number of halogens is 2. The molecule has 0 fully saturated rings. The fraction of sp³-hybridized carbons (Fsp3) is 0.231. The summed E-state index contributed by atoms with van der Waals surface area (Å²) in [5, 5.41) is 3.78. The van der Waals surface area contributed by atoms with Crippen molar-refractivity contribution < 1.29 is 0 Å². The van der Waals surface area contributed by atoms with E-state index in [1.54, 1.807) is 6.07 Å². The van der Waals surface area contributed by atoms with Crippen molar-refractivity contribution in [1.82, 2.24) is 9.97 Å². The highest BCUT2D eigenvalue weighted by atomic mass is 79.9. The Labute approximate surface area is 131 Å². The minimum atomic E-state index is 0.569. The van der Waals surface area contributed by atoms with Gasteiger partial charge in [-0.3, -0.25) is 0 Å². The van der Waals surface area contributed by atoms with Crippen LogP contribution in [0.2, 0.25) is 5.02 Å². The number of nitrogen functional groups attached to an aromatic ring is 1. The van der Waals surface area contributed by atoms with Crippen LogP contribution >= 0.6 is 27.5 Å². The second kappa shape index (κ2) is 6.88. The largest absolute Gasteiger partial charge is 0.339 e. The summed E-state index contributed by atoms with van der Waals surface area (Å²) < 4.78 is 0.923. The van der Waals surface area contributed by atoms with E-state index in [2.05, 4.69) is 43.6 Å². The first-order valence-electron chi connectivity index (χ1n) is 6.19. The highest BCUT2D eigenvalue weighted by molar-refractivity contribution is 9.10. The Morgan fingerprint density at radius 2 is 2.00 bits per heavy atom. The molecule has 0 saturated heterocycles. The Hall–Kier alpha value is -1.37. The third-order valence-corrected chi connectivity index (χ3v) is 3.39. The fourth-order valence-electron chi connectivity index (χ4n) is 1.70. The summed E-state index contributed by atoms with van der Waals surface area (Å²) in [6.45, 7) is 2.07. The third-order valence-electron chi connectivity index (χ3n) is 2.59. The molecule has 1 heterocycles. The van der Waals surface area contributed by atoms with Crippen molar-refractivity contribution in [3.63, 3.8) is 0 Å². The molecule has 4 N–H and O–H groups in total. The lowest BCUT2D eigenvalue weighted by Crippen LogP contribution is -2.11. The number of nitrogens with two attached hydrogens (primary N) is 1. The molecule has 5 nitrogen and oxygen atoms in total. The van der Waals surface area contributed by atoms with Gasteiger partial charge in [0.1, 0.15) is 17.5 Å². The Bertz CT molecular complexity index is 605. The van der Waals surface area contributed by atoms with Crippen LogP contribution in [-0.4, -0.2) is 9.97 Å². The first kappa shape index (κ1) is 15.0. The molecule has 1 aromatic carbocycles. The van der Waals surface area contributed by atoms with Crippen LogP contribution < -0.4 is 16.6 Å². The summed E-state index contributed by atoms with van der Waals surface area (Å²) in [4.78, 5) is 8.73. The van der Waals surface area contributed by atoms with Crippen LogP contribution in [0.5, 0.6) is 0 Å². The first-order chi connectivity index (χ1) is 9.62. The van der Waals surface area contributed by atoms with Crippen molar-refractivity contribution in [3.8, 4) is 0 Å². The van der Waals surface area contributed by atoms with Gasteiger partial charge in [0.15, 0.2) is 0 Å².